The first-order valence-corrected chi connectivity index (χ1v) is 5.69. The van der Waals surface area contributed by atoms with Crippen LogP contribution >= 0.6 is 0 Å². The van der Waals surface area contributed by atoms with Gasteiger partial charge in [-0.2, -0.15) is 0 Å². The van der Waals surface area contributed by atoms with E-state index in [1.54, 1.807) is 24.3 Å². The number of carbonyl (C=O) groups is 2. The zero-order valence-corrected chi connectivity index (χ0v) is 9.98. The first kappa shape index (κ1) is 14.0. The zero-order chi connectivity index (χ0) is 13.4. The topological polar surface area (TPSA) is 104 Å². The molecule has 0 aliphatic heterocycles. The Kier molecular flexibility index (Phi) is 5.66. The molecule has 0 aromatic heterocycles. The van der Waals surface area contributed by atoms with Crippen LogP contribution in [0.25, 0.3) is 0 Å². The second kappa shape index (κ2) is 7.29. The normalized spacial score (nSPS) is 9.83. The van der Waals surface area contributed by atoms with E-state index < -0.39 is 6.03 Å². The molecule has 1 rings (SSSR count). The molecule has 0 aliphatic rings. The summed E-state index contributed by atoms with van der Waals surface area (Å²) >= 11 is 0. The molecule has 6 heteroatoms. The molecule has 0 fully saturated rings. The van der Waals surface area contributed by atoms with Crippen LogP contribution < -0.4 is 16.4 Å². The van der Waals surface area contributed by atoms with Crippen LogP contribution in [0.15, 0.2) is 24.3 Å². The van der Waals surface area contributed by atoms with E-state index in [1.165, 1.54) is 0 Å². The first-order valence-electron chi connectivity index (χ1n) is 5.69. The summed E-state index contributed by atoms with van der Waals surface area (Å²) in [4.78, 5) is 22.2. The van der Waals surface area contributed by atoms with Crippen LogP contribution in [0.3, 0.4) is 0 Å². The molecular formula is C12H17N3O3. The van der Waals surface area contributed by atoms with Gasteiger partial charge in [-0.15, -0.1) is 0 Å². The third-order valence-electron chi connectivity index (χ3n) is 2.23. The average molecular weight is 251 g/mol. The van der Waals surface area contributed by atoms with Crippen molar-refractivity contribution in [2.75, 3.05) is 17.2 Å². The summed E-state index contributed by atoms with van der Waals surface area (Å²) in [5, 5.41) is 13.7. The zero-order valence-electron chi connectivity index (χ0n) is 9.98. The molecule has 6 nitrogen and oxygen atoms in total. The third kappa shape index (κ3) is 5.31. The van der Waals surface area contributed by atoms with E-state index in [2.05, 4.69) is 10.6 Å². The molecule has 1 aromatic rings. The van der Waals surface area contributed by atoms with Gasteiger partial charge in [-0.05, 0) is 31.0 Å². The molecule has 0 unspecified atom stereocenters. The number of rotatable bonds is 6. The molecule has 1 aromatic carbocycles. The number of aliphatic hydroxyl groups is 1. The van der Waals surface area contributed by atoms with Gasteiger partial charge in [0.25, 0.3) is 0 Å². The Bertz CT molecular complexity index is 421. The molecular weight excluding hydrogens is 234 g/mol. The third-order valence-corrected chi connectivity index (χ3v) is 2.23. The summed E-state index contributed by atoms with van der Waals surface area (Å²) in [5.74, 6) is -0.125. The van der Waals surface area contributed by atoms with Gasteiger partial charge >= 0.3 is 6.03 Å². The van der Waals surface area contributed by atoms with Crippen molar-refractivity contribution in [1.29, 1.82) is 0 Å². The van der Waals surface area contributed by atoms with Crippen molar-refractivity contribution in [2.24, 2.45) is 5.73 Å². The molecule has 0 spiro atoms. The van der Waals surface area contributed by atoms with E-state index >= 15 is 0 Å². The molecule has 3 amide bonds. The minimum atomic E-state index is -0.651. The summed E-state index contributed by atoms with van der Waals surface area (Å²) in [6, 6.07) is 6.06. The van der Waals surface area contributed by atoms with Gasteiger partial charge in [-0.1, -0.05) is 6.07 Å². The number of carbonyl (C=O) groups excluding carboxylic acids is 2. The molecule has 0 atom stereocenters. The van der Waals surface area contributed by atoms with E-state index in [4.69, 9.17) is 10.8 Å². The molecule has 98 valence electrons. The quantitative estimate of drug-likeness (QED) is 0.572. The summed E-state index contributed by atoms with van der Waals surface area (Å²) in [5.41, 5.74) is 6.11. The second-order valence-electron chi connectivity index (χ2n) is 3.80. The van der Waals surface area contributed by atoms with Crippen molar-refractivity contribution in [3.63, 3.8) is 0 Å². The lowest BCUT2D eigenvalue weighted by atomic mass is 10.2. The van der Waals surface area contributed by atoms with E-state index in [-0.39, 0.29) is 12.5 Å². The van der Waals surface area contributed by atoms with E-state index in [1.807, 2.05) is 0 Å². The van der Waals surface area contributed by atoms with Crippen LogP contribution in [-0.4, -0.2) is 23.7 Å². The maximum absolute atomic E-state index is 11.5. The van der Waals surface area contributed by atoms with Crippen LogP contribution in [-0.2, 0) is 4.79 Å². The maximum atomic E-state index is 11.5. The molecule has 0 bridgehead atoms. The molecule has 0 heterocycles. The molecule has 0 saturated heterocycles. The van der Waals surface area contributed by atoms with Gasteiger partial charge in [-0.25, -0.2) is 4.79 Å². The SMILES string of the molecule is NC(=O)Nc1cccc(NC(=O)CCCCO)c1. The molecule has 5 N–H and O–H groups in total. The Balaban J connectivity index is 2.51. The number of hydrogen-bond acceptors (Lipinski definition) is 3. The minimum Gasteiger partial charge on any atom is -0.396 e. The smallest absolute Gasteiger partial charge is 0.316 e. The number of urea groups is 1. The van der Waals surface area contributed by atoms with Gasteiger partial charge < -0.3 is 21.5 Å². The van der Waals surface area contributed by atoms with Crippen molar-refractivity contribution < 1.29 is 14.7 Å². The highest BCUT2D eigenvalue weighted by Crippen LogP contribution is 2.15. The highest BCUT2D eigenvalue weighted by Gasteiger charge is 2.03. The Hall–Kier alpha value is -2.08. The van der Waals surface area contributed by atoms with Crippen molar-refractivity contribution in [3.8, 4) is 0 Å². The Morgan fingerprint density at radius 1 is 1.17 bits per heavy atom. The molecule has 0 saturated carbocycles. The van der Waals surface area contributed by atoms with Crippen molar-refractivity contribution >= 4 is 23.3 Å². The van der Waals surface area contributed by atoms with Crippen molar-refractivity contribution in [2.45, 2.75) is 19.3 Å². The molecule has 18 heavy (non-hydrogen) atoms. The van der Waals surface area contributed by atoms with Gasteiger partial charge in [0, 0.05) is 24.4 Å². The largest absolute Gasteiger partial charge is 0.396 e. The second-order valence-corrected chi connectivity index (χ2v) is 3.80. The number of benzene rings is 1. The Morgan fingerprint density at radius 3 is 2.44 bits per heavy atom. The van der Waals surface area contributed by atoms with Crippen LogP contribution in [0.2, 0.25) is 0 Å². The fourth-order valence-electron chi connectivity index (χ4n) is 1.44. The summed E-state index contributed by atoms with van der Waals surface area (Å²) in [7, 11) is 0. The highest BCUT2D eigenvalue weighted by atomic mass is 16.3. The van der Waals surface area contributed by atoms with Crippen LogP contribution in [0.5, 0.6) is 0 Å². The highest BCUT2D eigenvalue weighted by molar-refractivity contribution is 5.93. The lowest BCUT2D eigenvalue weighted by Crippen LogP contribution is -2.19. The van der Waals surface area contributed by atoms with Crippen molar-refractivity contribution in [1.82, 2.24) is 0 Å². The van der Waals surface area contributed by atoms with Gasteiger partial charge in [0.15, 0.2) is 0 Å². The van der Waals surface area contributed by atoms with Crippen LogP contribution in [0, 0.1) is 0 Å². The van der Waals surface area contributed by atoms with E-state index in [0.29, 0.717) is 30.6 Å². The fourth-order valence-corrected chi connectivity index (χ4v) is 1.44. The van der Waals surface area contributed by atoms with Crippen LogP contribution in [0.4, 0.5) is 16.2 Å². The number of nitrogens with two attached hydrogens (primary N) is 1. The number of unbranched alkanes of at least 4 members (excludes halogenated alkanes) is 1. The first-order chi connectivity index (χ1) is 8.61. The Morgan fingerprint density at radius 2 is 1.83 bits per heavy atom. The minimum absolute atomic E-state index is 0.0886. The average Bonchev–Trinajstić information content (AvgIpc) is 2.28. The fraction of sp³-hybridized carbons (Fsp3) is 0.333. The number of amides is 3. The van der Waals surface area contributed by atoms with E-state index in [0.717, 1.165) is 0 Å². The number of hydrogen-bond donors (Lipinski definition) is 4. The predicted molar refractivity (Wildman–Crippen MR) is 69.2 cm³/mol. The maximum Gasteiger partial charge on any atom is 0.316 e. The van der Waals surface area contributed by atoms with Crippen LogP contribution in [0.1, 0.15) is 19.3 Å². The number of nitrogens with one attached hydrogen (secondary N) is 2. The lowest BCUT2D eigenvalue weighted by molar-refractivity contribution is -0.116. The van der Waals surface area contributed by atoms with Gasteiger partial charge in [-0.3, -0.25) is 4.79 Å². The number of primary amides is 1. The summed E-state index contributed by atoms with van der Waals surface area (Å²) in [6.07, 6.45) is 1.60. The van der Waals surface area contributed by atoms with E-state index in [9.17, 15) is 9.59 Å². The summed E-state index contributed by atoms with van der Waals surface area (Å²) < 4.78 is 0. The molecule has 0 radical (unpaired) electrons. The molecule has 0 aliphatic carbocycles. The van der Waals surface area contributed by atoms with Gasteiger partial charge in [0.1, 0.15) is 0 Å². The summed E-state index contributed by atoms with van der Waals surface area (Å²) in [6.45, 7) is 0.0886. The van der Waals surface area contributed by atoms with Gasteiger partial charge in [0.2, 0.25) is 5.91 Å². The standard InChI is InChI=1S/C12H17N3O3/c13-12(18)15-10-5-3-4-9(8-10)14-11(17)6-1-2-7-16/h3-5,8,16H,1-2,6-7H2,(H,14,17)(H3,13,15,18). The monoisotopic (exact) mass is 251 g/mol. The predicted octanol–water partition coefficient (Wildman–Crippen LogP) is 1.28. The van der Waals surface area contributed by atoms with Crippen molar-refractivity contribution in [3.05, 3.63) is 24.3 Å². The number of aliphatic hydroxyl groups excluding tert-OH is 1. The Labute approximate surface area is 105 Å². The number of anilines is 2. The van der Waals surface area contributed by atoms with Gasteiger partial charge in [0.05, 0.1) is 0 Å². The lowest BCUT2D eigenvalue weighted by Gasteiger charge is -2.07.